The molecular weight excluding hydrogens is 391 g/mol. The van der Waals surface area contributed by atoms with Crippen molar-refractivity contribution < 1.29 is 9.47 Å². The Balaban J connectivity index is 2.22. The molecule has 1 heterocycles. The first-order valence-electron chi connectivity index (χ1n) is 8.43. The topological polar surface area (TPSA) is 77.7 Å². The summed E-state index contributed by atoms with van der Waals surface area (Å²) in [6, 6.07) is 3.49. The van der Waals surface area contributed by atoms with Gasteiger partial charge in [-0.1, -0.05) is 37.0 Å². The van der Waals surface area contributed by atoms with Gasteiger partial charge < -0.3 is 9.47 Å². The lowest BCUT2D eigenvalue weighted by atomic mass is 10.2. The van der Waals surface area contributed by atoms with Gasteiger partial charge in [0.05, 0.1) is 30.6 Å². The van der Waals surface area contributed by atoms with Crippen molar-refractivity contribution in [3.63, 3.8) is 0 Å². The molecule has 0 fully saturated rings. The first-order chi connectivity index (χ1) is 12.8. The van der Waals surface area contributed by atoms with Gasteiger partial charge in [0.15, 0.2) is 11.5 Å². The summed E-state index contributed by atoms with van der Waals surface area (Å²) in [7, 11) is 1.52. The van der Waals surface area contributed by atoms with Crippen LogP contribution >= 0.6 is 23.2 Å². The number of hydrogen-bond acceptors (Lipinski definition) is 6. The monoisotopic (exact) mass is 412 g/mol. The van der Waals surface area contributed by atoms with Gasteiger partial charge in [0.1, 0.15) is 10.7 Å². The van der Waals surface area contributed by atoms with Crippen LogP contribution in [0.25, 0.3) is 0 Å². The number of ether oxygens (including phenoxy) is 2. The molecule has 7 nitrogen and oxygen atoms in total. The standard InChI is InChI=1S/C18H22Cl2N4O3/c1-5-26-15-7-12(6-13(19)17(15)27-10-11(2)3)8-21-23-14-9-22-24(4)18(25)16(14)20/h6-9,11,23H,5,10H2,1-4H3/b21-8-. The van der Waals surface area contributed by atoms with Crippen molar-refractivity contribution in [3.8, 4) is 11.5 Å². The van der Waals surface area contributed by atoms with Gasteiger partial charge in [-0.3, -0.25) is 10.2 Å². The van der Waals surface area contributed by atoms with Gasteiger partial charge in [0.25, 0.3) is 5.56 Å². The highest BCUT2D eigenvalue weighted by Gasteiger charge is 2.13. The van der Waals surface area contributed by atoms with Gasteiger partial charge in [-0.2, -0.15) is 10.2 Å². The van der Waals surface area contributed by atoms with Crippen LogP contribution in [-0.2, 0) is 7.05 Å². The number of nitrogens with one attached hydrogen (secondary N) is 1. The molecule has 27 heavy (non-hydrogen) atoms. The molecule has 0 unspecified atom stereocenters. The molecule has 1 aromatic carbocycles. The summed E-state index contributed by atoms with van der Waals surface area (Å²) in [6.45, 7) is 6.99. The van der Waals surface area contributed by atoms with Crippen molar-refractivity contribution in [2.75, 3.05) is 18.6 Å². The number of aromatic nitrogens is 2. The normalized spacial score (nSPS) is 11.2. The molecule has 9 heteroatoms. The lowest BCUT2D eigenvalue weighted by Crippen LogP contribution is -2.20. The van der Waals surface area contributed by atoms with Gasteiger partial charge in [0, 0.05) is 7.05 Å². The van der Waals surface area contributed by atoms with Gasteiger partial charge in [-0.15, -0.1) is 0 Å². The summed E-state index contributed by atoms with van der Waals surface area (Å²) < 4.78 is 12.5. The zero-order valence-corrected chi connectivity index (χ0v) is 17.1. The van der Waals surface area contributed by atoms with Crippen LogP contribution in [0.2, 0.25) is 10.0 Å². The number of anilines is 1. The second kappa shape index (κ2) is 9.62. The molecule has 0 aliphatic rings. The Morgan fingerprint density at radius 2 is 2.07 bits per heavy atom. The second-order valence-electron chi connectivity index (χ2n) is 6.14. The summed E-state index contributed by atoms with van der Waals surface area (Å²) in [6.07, 6.45) is 2.96. The van der Waals surface area contributed by atoms with E-state index in [-0.39, 0.29) is 5.02 Å². The van der Waals surface area contributed by atoms with E-state index in [1.54, 1.807) is 12.1 Å². The Morgan fingerprint density at radius 1 is 1.33 bits per heavy atom. The molecule has 0 bridgehead atoms. The lowest BCUT2D eigenvalue weighted by molar-refractivity contribution is 0.248. The first kappa shape index (κ1) is 21.1. The smallest absolute Gasteiger partial charge is 0.287 e. The highest BCUT2D eigenvalue weighted by Crippen LogP contribution is 2.36. The molecule has 0 aliphatic carbocycles. The molecule has 0 radical (unpaired) electrons. The van der Waals surface area contributed by atoms with Crippen molar-refractivity contribution >= 4 is 35.1 Å². The van der Waals surface area contributed by atoms with E-state index in [4.69, 9.17) is 32.7 Å². The molecule has 0 spiro atoms. The van der Waals surface area contributed by atoms with Crippen LogP contribution in [0.5, 0.6) is 11.5 Å². The molecular formula is C18H22Cl2N4O3. The van der Waals surface area contributed by atoms with Gasteiger partial charge in [0.2, 0.25) is 0 Å². The zero-order chi connectivity index (χ0) is 20.0. The van der Waals surface area contributed by atoms with Crippen molar-refractivity contribution in [2.24, 2.45) is 18.1 Å². The number of hydrogen-bond donors (Lipinski definition) is 1. The Bertz CT molecular complexity index is 882. The van der Waals surface area contributed by atoms with E-state index in [1.165, 1.54) is 19.5 Å². The summed E-state index contributed by atoms with van der Waals surface area (Å²) in [5.41, 5.74) is 3.29. The van der Waals surface area contributed by atoms with Crippen LogP contribution in [0.1, 0.15) is 26.3 Å². The molecule has 1 aromatic heterocycles. The molecule has 2 rings (SSSR count). The molecule has 0 saturated carbocycles. The predicted octanol–water partition coefficient (Wildman–Crippen LogP) is 3.97. The molecule has 0 amide bonds. The molecule has 1 N–H and O–H groups in total. The average Bonchev–Trinajstić information content (AvgIpc) is 2.61. The molecule has 146 valence electrons. The summed E-state index contributed by atoms with van der Waals surface area (Å²) in [5, 5.41) is 8.41. The number of rotatable bonds is 8. The maximum Gasteiger partial charge on any atom is 0.287 e. The Hall–Kier alpha value is -2.25. The van der Waals surface area contributed by atoms with Crippen molar-refractivity contribution in [1.29, 1.82) is 0 Å². The zero-order valence-electron chi connectivity index (χ0n) is 15.6. The van der Waals surface area contributed by atoms with E-state index >= 15 is 0 Å². The Kier molecular flexibility index (Phi) is 7.50. The second-order valence-corrected chi connectivity index (χ2v) is 6.92. The van der Waals surface area contributed by atoms with E-state index in [0.717, 1.165) is 4.68 Å². The third-order valence-electron chi connectivity index (χ3n) is 3.37. The summed E-state index contributed by atoms with van der Waals surface area (Å²) >= 11 is 12.3. The average molecular weight is 413 g/mol. The molecule has 2 aromatic rings. The van der Waals surface area contributed by atoms with Gasteiger partial charge in [-0.05, 0) is 30.5 Å². The minimum Gasteiger partial charge on any atom is -0.490 e. The lowest BCUT2D eigenvalue weighted by Gasteiger charge is -2.15. The van der Waals surface area contributed by atoms with Crippen molar-refractivity contribution in [2.45, 2.75) is 20.8 Å². The van der Waals surface area contributed by atoms with Crippen LogP contribution in [-0.4, -0.2) is 29.2 Å². The van der Waals surface area contributed by atoms with Crippen LogP contribution in [0.15, 0.2) is 28.2 Å². The predicted molar refractivity (Wildman–Crippen MR) is 109 cm³/mol. The summed E-state index contributed by atoms with van der Waals surface area (Å²) in [5.74, 6) is 1.41. The quantitative estimate of drug-likeness (QED) is 0.524. The molecule has 0 aliphatic heterocycles. The summed E-state index contributed by atoms with van der Waals surface area (Å²) in [4.78, 5) is 11.8. The maximum absolute atomic E-state index is 11.8. The fraction of sp³-hybridized carbons (Fsp3) is 0.389. The van der Waals surface area contributed by atoms with Crippen LogP contribution in [0.4, 0.5) is 5.69 Å². The first-order valence-corrected chi connectivity index (χ1v) is 9.19. The number of nitrogens with zero attached hydrogens (tertiary/aromatic N) is 3. The number of halogens is 2. The van der Waals surface area contributed by atoms with Gasteiger partial charge in [-0.25, -0.2) is 4.68 Å². The fourth-order valence-electron chi connectivity index (χ4n) is 2.08. The van der Waals surface area contributed by atoms with Crippen LogP contribution < -0.4 is 20.5 Å². The number of aryl methyl sites for hydroxylation is 1. The number of hydrazone groups is 1. The van der Waals surface area contributed by atoms with E-state index < -0.39 is 5.56 Å². The third kappa shape index (κ3) is 5.61. The Morgan fingerprint density at radius 3 is 2.74 bits per heavy atom. The largest absolute Gasteiger partial charge is 0.490 e. The minimum atomic E-state index is -0.412. The Labute approximate surface area is 167 Å². The SMILES string of the molecule is CCOc1cc(/C=N\Nc2cnn(C)c(=O)c2Cl)cc(Cl)c1OCC(C)C. The number of benzene rings is 1. The fourth-order valence-corrected chi connectivity index (χ4v) is 2.57. The van der Waals surface area contributed by atoms with E-state index in [1.807, 2.05) is 6.92 Å². The van der Waals surface area contributed by atoms with Gasteiger partial charge >= 0.3 is 0 Å². The van der Waals surface area contributed by atoms with Crippen LogP contribution in [0, 0.1) is 5.92 Å². The van der Waals surface area contributed by atoms with E-state index in [0.29, 0.717) is 46.9 Å². The van der Waals surface area contributed by atoms with Crippen LogP contribution in [0.3, 0.4) is 0 Å². The van der Waals surface area contributed by atoms with Crippen molar-refractivity contribution in [3.05, 3.63) is 44.3 Å². The third-order valence-corrected chi connectivity index (χ3v) is 4.02. The van der Waals surface area contributed by atoms with E-state index in [9.17, 15) is 4.79 Å². The maximum atomic E-state index is 11.8. The van der Waals surface area contributed by atoms with E-state index in [2.05, 4.69) is 29.5 Å². The highest BCUT2D eigenvalue weighted by atomic mass is 35.5. The highest BCUT2D eigenvalue weighted by molar-refractivity contribution is 6.33. The molecule has 0 atom stereocenters. The minimum absolute atomic E-state index is 0.00937. The molecule has 0 saturated heterocycles. The van der Waals surface area contributed by atoms with Crippen molar-refractivity contribution in [1.82, 2.24) is 9.78 Å².